The summed E-state index contributed by atoms with van der Waals surface area (Å²) in [6.45, 7) is 7.15. The molecule has 0 aliphatic carbocycles. The summed E-state index contributed by atoms with van der Waals surface area (Å²) >= 11 is 0. The van der Waals surface area contributed by atoms with Crippen molar-refractivity contribution in [2.75, 3.05) is 11.1 Å². The van der Waals surface area contributed by atoms with Crippen molar-refractivity contribution in [2.45, 2.75) is 33.9 Å². The molecule has 0 saturated carbocycles. The van der Waals surface area contributed by atoms with Crippen LogP contribution in [0.15, 0.2) is 48.5 Å². The van der Waals surface area contributed by atoms with E-state index in [2.05, 4.69) is 59.5 Å². The van der Waals surface area contributed by atoms with E-state index in [-0.39, 0.29) is 5.75 Å². The molecule has 2 aromatic carbocycles. The molecule has 4 rings (SSSR count). The zero-order valence-corrected chi connectivity index (χ0v) is 16.9. The second kappa shape index (κ2) is 7.47. The molecule has 0 aliphatic heterocycles. The molecule has 0 aliphatic rings. The van der Waals surface area contributed by atoms with E-state index in [0.29, 0.717) is 24.7 Å². The summed E-state index contributed by atoms with van der Waals surface area (Å²) in [6.07, 6.45) is 0. The Hall–Kier alpha value is -3.54. The first-order valence-electron chi connectivity index (χ1n) is 9.61. The van der Waals surface area contributed by atoms with Gasteiger partial charge in [-0.15, -0.1) is 0 Å². The Morgan fingerprint density at radius 3 is 2.48 bits per heavy atom. The first kappa shape index (κ1) is 18.8. The summed E-state index contributed by atoms with van der Waals surface area (Å²) in [5, 5.41) is 13.6. The topological polar surface area (TPSA) is 89.0 Å². The highest BCUT2D eigenvalue weighted by Crippen LogP contribution is 2.24. The maximum absolute atomic E-state index is 10.2. The van der Waals surface area contributed by atoms with Crippen LogP contribution in [-0.2, 0) is 13.1 Å². The van der Waals surface area contributed by atoms with Crippen molar-refractivity contribution in [2.24, 2.45) is 0 Å². The summed E-state index contributed by atoms with van der Waals surface area (Å²) in [5.41, 5.74) is 14.0. The van der Waals surface area contributed by atoms with E-state index in [4.69, 9.17) is 5.73 Å². The predicted octanol–water partition coefficient (Wildman–Crippen LogP) is 4.30. The Kier molecular flexibility index (Phi) is 4.84. The molecular weight excluding hydrogens is 362 g/mol. The van der Waals surface area contributed by atoms with Gasteiger partial charge in [0, 0.05) is 17.9 Å². The van der Waals surface area contributed by atoms with Gasteiger partial charge in [0.1, 0.15) is 11.4 Å². The normalized spacial score (nSPS) is 11.1. The molecule has 0 saturated heterocycles. The number of aromatic nitrogens is 3. The van der Waals surface area contributed by atoms with Crippen molar-refractivity contribution >= 4 is 22.7 Å². The second-order valence-corrected chi connectivity index (χ2v) is 7.53. The zero-order valence-electron chi connectivity index (χ0n) is 16.9. The van der Waals surface area contributed by atoms with Crippen LogP contribution in [0.1, 0.15) is 28.1 Å². The maximum atomic E-state index is 10.2. The van der Waals surface area contributed by atoms with E-state index >= 15 is 0 Å². The average Bonchev–Trinajstić information content (AvgIpc) is 2.97. The number of hydrogen-bond acceptors (Lipinski definition) is 5. The van der Waals surface area contributed by atoms with Crippen LogP contribution in [0.2, 0.25) is 0 Å². The highest BCUT2D eigenvalue weighted by Gasteiger charge is 2.12. The molecule has 6 heteroatoms. The minimum Gasteiger partial charge on any atom is -0.506 e. The number of benzene rings is 2. The van der Waals surface area contributed by atoms with Gasteiger partial charge < -0.3 is 20.7 Å². The number of nitrogens with one attached hydrogen (secondary N) is 1. The van der Waals surface area contributed by atoms with Crippen molar-refractivity contribution in [3.8, 4) is 5.75 Å². The second-order valence-electron chi connectivity index (χ2n) is 7.53. The monoisotopic (exact) mass is 387 g/mol. The van der Waals surface area contributed by atoms with Gasteiger partial charge in [0.05, 0.1) is 17.6 Å². The number of rotatable bonds is 5. The molecule has 29 heavy (non-hydrogen) atoms. The summed E-state index contributed by atoms with van der Waals surface area (Å²) in [7, 11) is 0. The third-order valence-corrected chi connectivity index (χ3v) is 4.96. The lowest BCUT2D eigenvalue weighted by molar-refractivity contribution is 0.461. The molecule has 0 fully saturated rings. The number of fused-ring (bicyclic) bond motifs is 1. The predicted molar refractivity (Wildman–Crippen MR) is 117 cm³/mol. The van der Waals surface area contributed by atoms with Gasteiger partial charge in [0.15, 0.2) is 0 Å². The minimum absolute atomic E-state index is 0.157. The van der Waals surface area contributed by atoms with E-state index in [0.717, 1.165) is 28.0 Å². The molecule has 4 aromatic rings. The molecular formula is C23H25N5O. The molecule has 2 heterocycles. The van der Waals surface area contributed by atoms with E-state index in [9.17, 15) is 5.11 Å². The summed E-state index contributed by atoms with van der Waals surface area (Å²) in [4.78, 5) is 8.90. The SMILES string of the molecule is Cc1cc(C)cc(NCc2ccc3nc(N)n(Cc4nc(C)ccc4O)c3c2)c1. The number of nitrogens with two attached hydrogens (primary N) is 1. The van der Waals surface area contributed by atoms with Gasteiger partial charge in [0.25, 0.3) is 0 Å². The third kappa shape index (κ3) is 4.01. The van der Waals surface area contributed by atoms with E-state index in [1.165, 1.54) is 11.1 Å². The van der Waals surface area contributed by atoms with Crippen molar-refractivity contribution in [3.05, 3.63) is 76.6 Å². The fourth-order valence-electron chi connectivity index (χ4n) is 3.61. The molecule has 2 aromatic heterocycles. The number of aryl methyl sites for hydroxylation is 3. The molecule has 4 N–H and O–H groups in total. The van der Waals surface area contributed by atoms with Gasteiger partial charge in [-0.1, -0.05) is 12.1 Å². The lowest BCUT2D eigenvalue weighted by Crippen LogP contribution is -2.07. The Morgan fingerprint density at radius 1 is 0.966 bits per heavy atom. The highest BCUT2D eigenvalue weighted by molar-refractivity contribution is 5.79. The summed E-state index contributed by atoms with van der Waals surface area (Å²) in [5.74, 6) is 0.562. The Bertz CT molecular complexity index is 1180. The van der Waals surface area contributed by atoms with Gasteiger partial charge in [-0.2, -0.15) is 0 Å². The number of hydrogen-bond donors (Lipinski definition) is 3. The number of nitrogen functional groups attached to an aromatic ring is 1. The van der Waals surface area contributed by atoms with Crippen LogP contribution in [0, 0.1) is 20.8 Å². The van der Waals surface area contributed by atoms with Gasteiger partial charge in [-0.3, -0.25) is 4.98 Å². The minimum atomic E-state index is 0.157. The largest absolute Gasteiger partial charge is 0.506 e. The Morgan fingerprint density at radius 2 is 1.72 bits per heavy atom. The molecule has 0 atom stereocenters. The number of anilines is 2. The number of nitrogens with zero attached hydrogens (tertiary/aromatic N) is 3. The third-order valence-electron chi connectivity index (χ3n) is 4.96. The molecule has 0 spiro atoms. The number of imidazole rings is 1. The fourth-order valence-corrected chi connectivity index (χ4v) is 3.61. The van der Waals surface area contributed by atoms with Gasteiger partial charge in [0.2, 0.25) is 5.95 Å². The van der Waals surface area contributed by atoms with E-state index in [1.54, 1.807) is 12.1 Å². The first-order valence-corrected chi connectivity index (χ1v) is 9.61. The van der Waals surface area contributed by atoms with Gasteiger partial charge in [-0.25, -0.2) is 4.98 Å². The first-order chi connectivity index (χ1) is 13.9. The molecule has 0 radical (unpaired) electrons. The molecule has 0 amide bonds. The average molecular weight is 387 g/mol. The smallest absolute Gasteiger partial charge is 0.201 e. The quantitative estimate of drug-likeness (QED) is 0.475. The van der Waals surface area contributed by atoms with Crippen molar-refractivity contribution in [1.82, 2.24) is 14.5 Å². The fraction of sp³-hybridized carbons (Fsp3) is 0.217. The maximum Gasteiger partial charge on any atom is 0.201 e. The lowest BCUT2D eigenvalue weighted by atomic mass is 10.1. The van der Waals surface area contributed by atoms with Gasteiger partial charge >= 0.3 is 0 Å². The molecule has 148 valence electrons. The van der Waals surface area contributed by atoms with Crippen molar-refractivity contribution in [1.29, 1.82) is 0 Å². The summed E-state index contributed by atoms with van der Waals surface area (Å²) < 4.78 is 1.89. The van der Waals surface area contributed by atoms with Gasteiger partial charge in [-0.05, 0) is 73.9 Å². The van der Waals surface area contributed by atoms with E-state index in [1.807, 2.05) is 17.6 Å². The van der Waals surface area contributed by atoms with Crippen molar-refractivity contribution < 1.29 is 5.11 Å². The number of pyridine rings is 1. The van der Waals surface area contributed by atoms with Crippen LogP contribution < -0.4 is 11.1 Å². The van der Waals surface area contributed by atoms with Crippen LogP contribution in [-0.4, -0.2) is 19.6 Å². The Balaban J connectivity index is 1.63. The molecule has 0 bridgehead atoms. The Labute approximate surface area is 170 Å². The van der Waals surface area contributed by atoms with E-state index < -0.39 is 0 Å². The molecule has 0 unspecified atom stereocenters. The summed E-state index contributed by atoms with van der Waals surface area (Å²) in [6, 6.07) is 16.0. The van der Waals surface area contributed by atoms with Crippen LogP contribution >= 0.6 is 0 Å². The van der Waals surface area contributed by atoms with Crippen LogP contribution in [0.25, 0.3) is 11.0 Å². The zero-order chi connectivity index (χ0) is 20.5. The highest BCUT2D eigenvalue weighted by atomic mass is 16.3. The van der Waals surface area contributed by atoms with Crippen LogP contribution in [0.4, 0.5) is 11.6 Å². The lowest BCUT2D eigenvalue weighted by Gasteiger charge is -2.11. The molecule has 6 nitrogen and oxygen atoms in total. The van der Waals surface area contributed by atoms with Crippen LogP contribution in [0.5, 0.6) is 5.75 Å². The van der Waals surface area contributed by atoms with Crippen LogP contribution in [0.3, 0.4) is 0 Å². The number of aromatic hydroxyl groups is 1. The standard InChI is InChI=1S/C23H25N5O/c1-14-8-15(2)10-18(9-14)25-12-17-5-6-19-21(11-17)28(23(24)27-19)13-20-22(29)7-4-16(3)26-20/h4-11,25,29H,12-13H2,1-3H3,(H2,24,27). The van der Waals surface area contributed by atoms with Crippen molar-refractivity contribution in [3.63, 3.8) is 0 Å².